The van der Waals surface area contributed by atoms with Crippen molar-refractivity contribution in [1.82, 2.24) is 9.80 Å². The van der Waals surface area contributed by atoms with Gasteiger partial charge in [0.2, 0.25) is 11.8 Å². The summed E-state index contributed by atoms with van der Waals surface area (Å²) in [6, 6.07) is 5.10. The first-order valence-corrected chi connectivity index (χ1v) is 10.0. The number of carbonyl (C=O) groups excluding carboxylic acids is 2. The first kappa shape index (κ1) is 21.4. The van der Waals surface area contributed by atoms with E-state index < -0.39 is 12.1 Å². The van der Waals surface area contributed by atoms with Crippen LogP contribution in [0.25, 0.3) is 0 Å². The van der Waals surface area contributed by atoms with Crippen LogP contribution in [-0.4, -0.2) is 79.9 Å². The summed E-state index contributed by atoms with van der Waals surface area (Å²) in [7, 11) is 3.13. The Labute approximate surface area is 171 Å². The number of hydrogen-bond acceptors (Lipinski definition) is 6. The van der Waals surface area contributed by atoms with E-state index in [1.165, 1.54) is 0 Å². The summed E-state index contributed by atoms with van der Waals surface area (Å²) in [6.45, 7) is 3.41. The van der Waals surface area contributed by atoms with Gasteiger partial charge in [-0.3, -0.25) is 9.59 Å². The van der Waals surface area contributed by atoms with Crippen molar-refractivity contribution in [3.8, 4) is 11.5 Å². The zero-order valence-corrected chi connectivity index (χ0v) is 17.3. The second kappa shape index (κ2) is 9.45. The Morgan fingerprint density at radius 2 is 1.83 bits per heavy atom. The molecule has 0 bridgehead atoms. The Bertz CT molecular complexity index is 732. The lowest BCUT2D eigenvalue weighted by molar-refractivity contribution is -0.156. The molecule has 1 N–H and O–H groups in total. The summed E-state index contributed by atoms with van der Waals surface area (Å²) < 4.78 is 16.5. The molecular weight excluding hydrogens is 376 g/mol. The maximum atomic E-state index is 13.4. The largest absolute Gasteiger partial charge is 0.493 e. The molecule has 2 atom stereocenters. The number of aliphatic hydroxyl groups excluding tert-OH is 1. The average molecular weight is 406 g/mol. The molecule has 8 nitrogen and oxygen atoms in total. The third kappa shape index (κ3) is 4.48. The molecule has 160 valence electrons. The van der Waals surface area contributed by atoms with E-state index in [4.69, 9.17) is 14.2 Å². The predicted molar refractivity (Wildman–Crippen MR) is 106 cm³/mol. The van der Waals surface area contributed by atoms with E-state index in [1.807, 2.05) is 17.0 Å². The van der Waals surface area contributed by atoms with Crippen molar-refractivity contribution < 1.29 is 28.9 Å². The van der Waals surface area contributed by atoms with Crippen molar-refractivity contribution in [2.24, 2.45) is 5.92 Å². The standard InChI is InChI=1S/C21H30N2O6/c1-14(25)22-8-6-15(7-9-22)21(26)23-10-11-29-19(13-24)20(23)16-4-5-17(27-2)18(12-16)28-3/h4-5,12,15,19-20,24H,6-11,13H2,1-3H3/t19-,20-/m1/s1. The molecule has 0 aromatic heterocycles. The van der Waals surface area contributed by atoms with Gasteiger partial charge in [-0.1, -0.05) is 6.07 Å². The van der Waals surface area contributed by atoms with Gasteiger partial charge in [-0.2, -0.15) is 0 Å². The second-order valence-corrected chi connectivity index (χ2v) is 7.46. The number of rotatable bonds is 5. The summed E-state index contributed by atoms with van der Waals surface area (Å²) >= 11 is 0. The molecule has 0 unspecified atom stereocenters. The Hall–Kier alpha value is -2.32. The highest BCUT2D eigenvalue weighted by molar-refractivity contribution is 5.80. The van der Waals surface area contributed by atoms with Crippen molar-refractivity contribution in [3.63, 3.8) is 0 Å². The minimum absolute atomic E-state index is 0.0471. The SMILES string of the molecule is COc1ccc([C@@H]2[C@@H](CO)OCCN2C(=O)C2CCN(C(C)=O)CC2)cc1OC. The highest BCUT2D eigenvalue weighted by atomic mass is 16.5. The molecule has 8 heteroatoms. The van der Waals surface area contributed by atoms with Crippen molar-refractivity contribution in [2.45, 2.75) is 31.9 Å². The van der Waals surface area contributed by atoms with Gasteiger partial charge in [0.25, 0.3) is 0 Å². The van der Waals surface area contributed by atoms with Crippen LogP contribution in [0.5, 0.6) is 11.5 Å². The monoisotopic (exact) mass is 406 g/mol. The van der Waals surface area contributed by atoms with Gasteiger partial charge in [0.15, 0.2) is 11.5 Å². The van der Waals surface area contributed by atoms with Crippen LogP contribution in [0.4, 0.5) is 0 Å². The van der Waals surface area contributed by atoms with Gasteiger partial charge in [-0.15, -0.1) is 0 Å². The first-order valence-electron chi connectivity index (χ1n) is 10.0. The Kier molecular flexibility index (Phi) is 6.97. The average Bonchev–Trinajstić information content (AvgIpc) is 2.77. The molecule has 2 fully saturated rings. The van der Waals surface area contributed by atoms with Crippen LogP contribution in [0.2, 0.25) is 0 Å². The van der Waals surface area contributed by atoms with Crippen LogP contribution in [0.3, 0.4) is 0 Å². The molecular formula is C21H30N2O6. The number of hydrogen-bond donors (Lipinski definition) is 1. The highest BCUT2D eigenvalue weighted by Gasteiger charge is 2.39. The van der Waals surface area contributed by atoms with Crippen LogP contribution in [0.1, 0.15) is 31.4 Å². The van der Waals surface area contributed by atoms with Crippen molar-refractivity contribution >= 4 is 11.8 Å². The number of methoxy groups -OCH3 is 2. The summed E-state index contributed by atoms with van der Waals surface area (Å²) in [4.78, 5) is 28.6. The van der Waals surface area contributed by atoms with Crippen LogP contribution in [-0.2, 0) is 14.3 Å². The molecule has 0 aliphatic carbocycles. The van der Waals surface area contributed by atoms with Crippen LogP contribution in [0, 0.1) is 5.92 Å². The normalized spacial score (nSPS) is 23.0. The Balaban J connectivity index is 1.84. The third-order valence-corrected chi connectivity index (χ3v) is 5.85. The number of morpholine rings is 1. The summed E-state index contributed by atoms with van der Waals surface area (Å²) in [6.07, 6.45) is 0.791. The number of ether oxygens (including phenoxy) is 3. The summed E-state index contributed by atoms with van der Waals surface area (Å²) in [5.41, 5.74) is 0.830. The number of aliphatic hydroxyl groups is 1. The lowest BCUT2D eigenvalue weighted by Gasteiger charge is -2.43. The van der Waals surface area contributed by atoms with Crippen LogP contribution in [0.15, 0.2) is 18.2 Å². The smallest absolute Gasteiger partial charge is 0.226 e. The fourth-order valence-corrected chi connectivity index (χ4v) is 4.24. The van der Waals surface area contributed by atoms with E-state index in [9.17, 15) is 14.7 Å². The second-order valence-electron chi connectivity index (χ2n) is 7.46. The van der Waals surface area contributed by atoms with Crippen LogP contribution >= 0.6 is 0 Å². The molecule has 2 aliphatic heterocycles. The van der Waals surface area contributed by atoms with Gasteiger partial charge in [-0.25, -0.2) is 0 Å². The number of likely N-dealkylation sites (tertiary alicyclic amines) is 1. The molecule has 0 spiro atoms. The lowest BCUT2D eigenvalue weighted by Crippen LogP contribution is -2.52. The van der Waals surface area contributed by atoms with Gasteiger partial charge < -0.3 is 29.1 Å². The zero-order valence-electron chi connectivity index (χ0n) is 17.3. The molecule has 2 amide bonds. The first-order chi connectivity index (χ1) is 14.0. The van der Waals surface area contributed by atoms with Gasteiger partial charge in [-0.05, 0) is 30.5 Å². The zero-order chi connectivity index (χ0) is 21.0. The maximum Gasteiger partial charge on any atom is 0.226 e. The van der Waals surface area contributed by atoms with Gasteiger partial charge in [0.05, 0.1) is 33.5 Å². The summed E-state index contributed by atoms with van der Waals surface area (Å²) in [5, 5.41) is 9.89. The van der Waals surface area contributed by atoms with Crippen molar-refractivity contribution in [3.05, 3.63) is 23.8 Å². The third-order valence-electron chi connectivity index (χ3n) is 5.85. The number of amides is 2. The van der Waals surface area contributed by atoms with E-state index in [-0.39, 0.29) is 24.3 Å². The number of piperidine rings is 1. The summed E-state index contributed by atoms with van der Waals surface area (Å²) in [5.74, 6) is 1.13. The number of nitrogens with zero attached hydrogens (tertiary/aromatic N) is 2. The number of benzene rings is 1. The molecule has 0 saturated carbocycles. The van der Waals surface area contributed by atoms with E-state index >= 15 is 0 Å². The fraction of sp³-hybridized carbons (Fsp3) is 0.619. The van der Waals surface area contributed by atoms with E-state index in [1.54, 1.807) is 32.1 Å². The van der Waals surface area contributed by atoms with Gasteiger partial charge in [0, 0.05) is 32.5 Å². The Morgan fingerprint density at radius 3 is 2.41 bits per heavy atom. The van der Waals surface area contributed by atoms with Gasteiger partial charge >= 0.3 is 0 Å². The quantitative estimate of drug-likeness (QED) is 0.791. The van der Waals surface area contributed by atoms with E-state index in [0.717, 1.165) is 5.56 Å². The molecule has 3 rings (SSSR count). The van der Waals surface area contributed by atoms with E-state index in [0.29, 0.717) is 50.6 Å². The molecule has 0 radical (unpaired) electrons. The fourth-order valence-electron chi connectivity index (χ4n) is 4.24. The van der Waals surface area contributed by atoms with E-state index in [2.05, 4.69) is 0 Å². The molecule has 2 saturated heterocycles. The Morgan fingerprint density at radius 1 is 1.14 bits per heavy atom. The number of carbonyl (C=O) groups is 2. The maximum absolute atomic E-state index is 13.4. The minimum atomic E-state index is -0.511. The lowest BCUT2D eigenvalue weighted by atomic mass is 9.91. The molecule has 2 heterocycles. The van der Waals surface area contributed by atoms with Crippen LogP contribution < -0.4 is 9.47 Å². The molecule has 29 heavy (non-hydrogen) atoms. The predicted octanol–water partition coefficient (Wildman–Crippen LogP) is 1.22. The van der Waals surface area contributed by atoms with Crippen molar-refractivity contribution in [2.75, 3.05) is 47.1 Å². The molecule has 1 aromatic rings. The van der Waals surface area contributed by atoms with Gasteiger partial charge in [0.1, 0.15) is 6.10 Å². The highest BCUT2D eigenvalue weighted by Crippen LogP contribution is 2.37. The minimum Gasteiger partial charge on any atom is -0.493 e. The topological polar surface area (TPSA) is 88.5 Å². The molecule has 2 aliphatic rings. The molecule has 1 aromatic carbocycles. The van der Waals surface area contributed by atoms with Crippen molar-refractivity contribution in [1.29, 1.82) is 0 Å².